The van der Waals surface area contributed by atoms with Crippen molar-refractivity contribution >= 4 is 11.8 Å². The van der Waals surface area contributed by atoms with Crippen LogP contribution in [0.2, 0.25) is 0 Å². The molecule has 2 rings (SSSR count). The van der Waals surface area contributed by atoms with Crippen LogP contribution in [0, 0.1) is 25.1 Å². The summed E-state index contributed by atoms with van der Waals surface area (Å²) < 4.78 is 13.9. The van der Waals surface area contributed by atoms with Gasteiger partial charge < -0.3 is 10.2 Å². The quantitative estimate of drug-likeness (QED) is 0.839. The van der Waals surface area contributed by atoms with Crippen LogP contribution in [0.25, 0.3) is 0 Å². The molecule has 1 N–H and O–H groups in total. The number of amides is 2. The minimum atomic E-state index is -0.500. The average molecular weight is 331 g/mol. The Hall–Kier alpha value is -2.39. The molecule has 0 atom stereocenters. The lowest BCUT2D eigenvalue weighted by molar-refractivity contribution is -0.121. The molecule has 1 fully saturated rings. The topological polar surface area (TPSA) is 52.7 Å². The third-order valence-electron chi connectivity index (χ3n) is 3.98. The van der Waals surface area contributed by atoms with Gasteiger partial charge in [0.1, 0.15) is 5.82 Å². The van der Waals surface area contributed by atoms with E-state index in [9.17, 15) is 14.0 Å². The molecule has 0 spiro atoms. The summed E-state index contributed by atoms with van der Waals surface area (Å²) in [5, 5.41) is 2.63. The Kier molecular flexibility index (Phi) is 6.33. The lowest BCUT2D eigenvalue weighted by atomic mass is 10.1. The summed E-state index contributed by atoms with van der Waals surface area (Å²) >= 11 is 0. The van der Waals surface area contributed by atoms with Crippen LogP contribution in [-0.4, -0.2) is 60.9 Å². The molecule has 128 valence electrons. The molecule has 0 saturated carbocycles. The number of nitrogens with zero attached hydrogens (tertiary/aromatic N) is 2. The zero-order valence-electron chi connectivity index (χ0n) is 13.8. The first kappa shape index (κ1) is 18.0. The lowest BCUT2D eigenvalue weighted by Gasteiger charge is -2.22. The van der Waals surface area contributed by atoms with Gasteiger partial charge in [0.05, 0.1) is 18.7 Å². The fourth-order valence-corrected chi connectivity index (χ4v) is 2.71. The summed E-state index contributed by atoms with van der Waals surface area (Å²) in [6, 6.07) is 4.54. The second-order valence-electron chi connectivity index (χ2n) is 5.89. The first-order valence-electron chi connectivity index (χ1n) is 7.99. The van der Waals surface area contributed by atoms with Crippen molar-refractivity contribution in [1.29, 1.82) is 0 Å². The standard InChI is InChI=1S/C18H22FN3O2/c1-3-7-20-17(23)13-21-8-4-9-22(11-10-21)18(24)15-12-14(2)5-6-16(15)19/h1,5-6,12H,4,7-11,13H2,2H3,(H,20,23). The Morgan fingerprint density at radius 3 is 2.83 bits per heavy atom. The third-order valence-corrected chi connectivity index (χ3v) is 3.98. The highest BCUT2D eigenvalue weighted by atomic mass is 19.1. The van der Waals surface area contributed by atoms with Crippen LogP contribution in [0.1, 0.15) is 22.3 Å². The SMILES string of the molecule is C#CCNC(=O)CN1CCCN(C(=O)c2cc(C)ccc2F)CC1. The highest BCUT2D eigenvalue weighted by Gasteiger charge is 2.23. The van der Waals surface area contributed by atoms with E-state index >= 15 is 0 Å². The Bertz CT molecular complexity index is 654. The van der Waals surface area contributed by atoms with Gasteiger partial charge in [0.25, 0.3) is 5.91 Å². The number of hydrogen-bond acceptors (Lipinski definition) is 3. The van der Waals surface area contributed by atoms with Gasteiger partial charge in [0.15, 0.2) is 0 Å². The normalized spacial score (nSPS) is 15.5. The summed E-state index contributed by atoms with van der Waals surface area (Å²) in [5.74, 6) is 1.44. The summed E-state index contributed by atoms with van der Waals surface area (Å²) in [6.45, 7) is 4.59. The van der Waals surface area contributed by atoms with Crippen LogP contribution in [0.4, 0.5) is 4.39 Å². The maximum Gasteiger partial charge on any atom is 0.256 e. The van der Waals surface area contributed by atoms with Crippen LogP contribution < -0.4 is 5.32 Å². The van der Waals surface area contributed by atoms with Gasteiger partial charge in [-0.05, 0) is 25.5 Å². The monoisotopic (exact) mass is 331 g/mol. The number of benzene rings is 1. The Morgan fingerprint density at radius 1 is 1.29 bits per heavy atom. The summed E-state index contributed by atoms with van der Waals surface area (Å²) in [4.78, 5) is 27.9. The van der Waals surface area contributed by atoms with E-state index in [-0.39, 0.29) is 30.5 Å². The van der Waals surface area contributed by atoms with Crippen molar-refractivity contribution in [2.75, 3.05) is 39.3 Å². The molecule has 0 unspecified atom stereocenters. The molecule has 0 radical (unpaired) electrons. The minimum Gasteiger partial charge on any atom is -0.344 e. The van der Waals surface area contributed by atoms with Gasteiger partial charge in [-0.25, -0.2) is 4.39 Å². The number of aryl methyl sites for hydroxylation is 1. The zero-order chi connectivity index (χ0) is 17.5. The minimum absolute atomic E-state index is 0.107. The average Bonchev–Trinajstić information content (AvgIpc) is 2.80. The Labute approximate surface area is 141 Å². The van der Waals surface area contributed by atoms with E-state index in [1.165, 1.54) is 6.07 Å². The van der Waals surface area contributed by atoms with Gasteiger partial charge in [-0.1, -0.05) is 17.6 Å². The zero-order valence-corrected chi connectivity index (χ0v) is 13.8. The summed E-state index contributed by atoms with van der Waals surface area (Å²) in [5.41, 5.74) is 0.955. The van der Waals surface area contributed by atoms with Crippen molar-refractivity contribution in [3.63, 3.8) is 0 Å². The van der Waals surface area contributed by atoms with Crippen LogP contribution >= 0.6 is 0 Å². The largest absolute Gasteiger partial charge is 0.344 e. The number of terminal acetylenes is 1. The molecule has 1 heterocycles. The van der Waals surface area contributed by atoms with E-state index in [1.54, 1.807) is 17.0 Å². The molecule has 0 bridgehead atoms. The van der Waals surface area contributed by atoms with E-state index in [4.69, 9.17) is 6.42 Å². The number of carbonyl (C=O) groups excluding carboxylic acids is 2. The molecular weight excluding hydrogens is 309 g/mol. The number of rotatable bonds is 4. The molecule has 0 aromatic heterocycles. The van der Waals surface area contributed by atoms with Crippen molar-refractivity contribution in [1.82, 2.24) is 15.1 Å². The van der Waals surface area contributed by atoms with Crippen molar-refractivity contribution < 1.29 is 14.0 Å². The van der Waals surface area contributed by atoms with Crippen LogP contribution in [0.15, 0.2) is 18.2 Å². The van der Waals surface area contributed by atoms with Gasteiger partial charge in [0.2, 0.25) is 5.91 Å². The second kappa shape index (κ2) is 8.46. The van der Waals surface area contributed by atoms with Crippen LogP contribution in [0.3, 0.4) is 0 Å². The number of nitrogens with one attached hydrogen (secondary N) is 1. The fourth-order valence-electron chi connectivity index (χ4n) is 2.71. The number of halogens is 1. The molecular formula is C18H22FN3O2. The fraction of sp³-hybridized carbons (Fsp3) is 0.444. The summed E-state index contributed by atoms with van der Waals surface area (Å²) in [6.07, 6.45) is 5.85. The molecule has 1 aromatic carbocycles. The van der Waals surface area contributed by atoms with Crippen LogP contribution in [-0.2, 0) is 4.79 Å². The van der Waals surface area contributed by atoms with Crippen molar-refractivity contribution in [3.05, 3.63) is 35.1 Å². The maximum absolute atomic E-state index is 13.9. The molecule has 1 aromatic rings. The second-order valence-corrected chi connectivity index (χ2v) is 5.89. The Morgan fingerprint density at radius 2 is 2.08 bits per heavy atom. The van der Waals surface area contributed by atoms with E-state index in [1.807, 2.05) is 11.8 Å². The molecule has 1 aliphatic rings. The van der Waals surface area contributed by atoms with Gasteiger partial charge in [0, 0.05) is 26.2 Å². The smallest absolute Gasteiger partial charge is 0.256 e. The molecule has 6 heteroatoms. The molecule has 24 heavy (non-hydrogen) atoms. The van der Waals surface area contributed by atoms with Crippen molar-refractivity contribution in [3.8, 4) is 12.3 Å². The first-order chi connectivity index (χ1) is 11.5. The predicted octanol–water partition coefficient (Wildman–Crippen LogP) is 1.03. The molecule has 2 amide bonds. The van der Waals surface area contributed by atoms with Crippen molar-refractivity contribution in [2.24, 2.45) is 0 Å². The molecule has 1 saturated heterocycles. The predicted molar refractivity (Wildman–Crippen MR) is 89.9 cm³/mol. The van der Waals surface area contributed by atoms with E-state index in [2.05, 4.69) is 11.2 Å². The van der Waals surface area contributed by atoms with Gasteiger partial charge >= 0.3 is 0 Å². The highest BCUT2D eigenvalue weighted by Crippen LogP contribution is 2.14. The van der Waals surface area contributed by atoms with Crippen LogP contribution in [0.5, 0.6) is 0 Å². The molecule has 5 nitrogen and oxygen atoms in total. The van der Waals surface area contributed by atoms with E-state index in [0.29, 0.717) is 26.2 Å². The maximum atomic E-state index is 13.9. The Balaban J connectivity index is 1.95. The highest BCUT2D eigenvalue weighted by molar-refractivity contribution is 5.94. The molecule has 0 aliphatic carbocycles. The van der Waals surface area contributed by atoms with Gasteiger partial charge in [-0.15, -0.1) is 6.42 Å². The third kappa shape index (κ3) is 4.80. The van der Waals surface area contributed by atoms with E-state index < -0.39 is 5.82 Å². The number of hydrogen-bond donors (Lipinski definition) is 1. The summed E-state index contributed by atoms with van der Waals surface area (Å²) in [7, 11) is 0. The van der Waals surface area contributed by atoms with Gasteiger partial charge in [-0.3, -0.25) is 14.5 Å². The first-order valence-corrected chi connectivity index (χ1v) is 7.99. The van der Waals surface area contributed by atoms with E-state index in [0.717, 1.165) is 12.0 Å². The lowest BCUT2D eigenvalue weighted by Crippen LogP contribution is -2.40. The number of carbonyl (C=O) groups is 2. The van der Waals surface area contributed by atoms with Gasteiger partial charge in [-0.2, -0.15) is 0 Å². The molecule has 1 aliphatic heterocycles. The van der Waals surface area contributed by atoms with Crippen molar-refractivity contribution in [2.45, 2.75) is 13.3 Å².